The summed E-state index contributed by atoms with van der Waals surface area (Å²) in [5, 5.41) is 11.5. The molecular formula is C25H29ClN2O5. The number of halogens is 1. The average molecular weight is 473 g/mol. The molecule has 1 atom stereocenters. The van der Waals surface area contributed by atoms with Crippen LogP contribution < -0.4 is 9.47 Å². The molecule has 0 aromatic heterocycles. The van der Waals surface area contributed by atoms with Crippen molar-refractivity contribution in [3.63, 3.8) is 0 Å². The monoisotopic (exact) mass is 472 g/mol. The third-order valence-corrected chi connectivity index (χ3v) is 5.66. The fourth-order valence-electron chi connectivity index (χ4n) is 3.77. The number of aliphatic hydroxyl groups excluding tert-OH is 1. The molecule has 0 bridgehead atoms. The first kappa shape index (κ1) is 24.6. The van der Waals surface area contributed by atoms with Gasteiger partial charge in [-0.3, -0.25) is 9.59 Å². The van der Waals surface area contributed by atoms with Gasteiger partial charge in [0.1, 0.15) is 17.3 Å². The van der Waals surface area contributed by atoms with E-state index < -0.39 is 17.7 Å². The first-order valence-electron chi connectivity index (χ1n) is 10.7. The fourth-order valence-corrected chi connectivity index (χ4v) is 3.97. The smallest absolute Gasteiger partial charge is 0.295 e. The summed E-state index contributed by atoms with van der Waals surface area (Å²) in [5.41, 5.74) is 0.798. The highest BCUT2D eigenvalue weighted by atomic mass is 35.5. The van der Waals surface area contributed by atoms with Gasteiger partial charge in [-0.05, 0) is 52.2 Å². The van der Waals surface area contributed by atoms with Gasteiger partial charge in [0.15, 0.2) is 0 Å². The molecule has 1 saturated heterocycles. The number of ether oxygens (including phenoxy) is 2. The number of likely N-dealkylation sites (tertiary alicyclic amines) is 1. The number of benzene rings is 2. The Morgan fingerprint density at radius 2 is 1.88 bits per heavy atom. The molecule has 8 heteroatoms. The summed E-state index contributed by atoms with van der Waals surface area (Å²) >= 11 is 6.35. The Kier molecular flexibility index (Phi) is 7.66. The van der Waals surface area contributed by atoms with Gasteiger partial charge in [-0.25, -0.2) is 0 Å². The Labute approximate surface area is 199 Å². The van der Waals surface area contributed by atoms with Gasteiger partial charge in [-0.1, -0.05) is 29.8 Å². The first-order valence-corrected chi connectivity index (χ1v) is 11.1. The summed E-state index contributed by atoms with van der Waals surface area (Å²) < 4.78 is 11.2. The van der Waals surface area contributed by atoms with Crippen molar-refractivity contribution in [2.24, 2.45) is 0 Å². The van der Waals surface area contributed by atoms with E-state index in [1.807, 2.05) is 45.0 Å². The third-order valence-electron chi connectivity index (χ3n) is 5.33. The molecule has 1 N–H and O–H groups in total. The number of aliphatic hydroxyl groups is 1. The van der Waals surface area contributed by atoms with Crippen LogP contribution in [0.25, 0.3) is 5.76 Å². The van der Waals surface area contributed by atoms with Crippen molar-refractivity contribution in [1.29, 1.82) is 0 Å². The number of carbonyl (C=O) groups excluding carboxylic acids is 2. The Bertz CT molecular complexity index is 1080. The topological polar surface area (TPSA) is 79.3 Å². The Hall–Kier alpha value is -3.03. The summed E-state index contributed by atoms with van der Waals surface area (Å²) in [7, 11) is 5.27. The van der Waals surface area contributed by atoms with E-state index in [1.54, 1.807) is 30.3 Å². The summed E-state index contributed by atoms with van der Waals surface area (Å²) in [6.07, 6.45) is -0.122. The number of carbonyl (C=O) groups is 2. The van der Waals surface area contributed by atoms with E-state index in [9.17, 15) is 14.7 Å². The summed E-state index contributed by atoms with van der Waals surface area (Å²) in [6, 6.07) is 11.2. The van der Waals surface area contributed by atoms with Crippen molar-refractivity contribution >= 4 is 29.1 Å². The predicted octanol–water partition coefficient (Wildman–Crippen LogP) is 4.12. The van der Waals surface area contributed by atoms with Crippen molar-refractivity contribution in [3.05, 3.63) is 64.2 Å². The second kappa shape index (κ2) is 10.3. The molecule has 2 aromatic carbocycles. The quantitative estimate of drug-likeness (QED) is 0.353. The molecule has 0 saturated carbocycles. The zero-order valence-corrected chi connectivity index (χ0v) is 20.2. The minimum absolute atomic E-state index is 0.0336. The van der Waals surface area contributed by atoms with Gasteiger partial charge in [0.05, 0.1) is 29.9 Å². The number of methoxy groups -OCH3 is 1. The fraction of sp³-hybridized carbons (Fsp3) is 0.360. The Morgan fingerprint density at radius 3 is 2.52 bits per heavy atom. The first-order chi connectivity index (χ1) is 15.6. The SMILES string of the molecule is COc1ccc(Cl)c(/C(O)=C2\C(=O)C(=O)N(CCN(C)C)C2c2ccccc2OC(C)C)c1. The van der Waals surface area contributed by atoms with Crippen molar-refractivity contribution < 1.29 is 24.2 Å². The maximum Gasteiger partial charge on any atom is 0.295 e. The van der Waals surface area contributed by atoms with Crippen LogP contribution in [0.1, 0.15) is 31.0 Å². The number of amides is 1. The second-order valence-electron chi connectivity index (χ2n) is 8.35. The number of rotatable bonds is 8. The highest BCUT2D eigenvalue weighted by Gasteiger charge is 2.47. The minimum atomic E-state index is -0.831. The average Bonchev–Trinajstić information content (AvgIpc) is 3.02. The highest BCUT2D eigenvalue weighted by Crippen LogP contribution is 2.43. The molecule has 2 aromatic rings. The normalized spacial score (nSPS) is 17.8. The van der Waals surface area contributed by atoms with Crippen LogP contribution in [0.15, 0.2) is 48.0 Å². The van der Waals surface area contributed by atoms with Crippen LogP contribution in [0.2, 0.25) is 5.02 Å². The summed E-state index contributed by atoms with van der Waals surface area (Å²) in [4.78, 5) is 29.7. The van der Waals surface area contributed by atoms with Crippen molar-refractivity contribution in [1.82, 2.24) is 9.80 Å². The van der Waals surface area contributed by atoms with E-state index >= 15 is 0 Å². The van der Waals surface area contributed by atoms with Gasteiger partial charge in [-0.15, -0.1) is 0 Å². The Morgan fingerprint density at radius 1 is 1.18 bits per heavy atom. The van der Waals surface area contributed by atoms with Gasteiger partial charge in [0.25, 0.3) is 11.7 Å². The van der Waals surface area contributed by atoms with Crippen LogP contribution in [-0.2, 0) is 9.59 Å². The van der Waals surface area contributed by atoms with Crippen LogP contribution in [0, 0.1) is 0 Å². The molecule has 1 amide bonds. The van der Waals surface area contributed by atoms with Crippen molar-refractivity contribution in [2.75, 3.05) is 34.3 Å². The molecule has 0 aliphatic carbocycles. The predicted molar refractivity (Wildman–Crippen MR) is 128 cm³/mol. The van der Waals surface area contributed by atoms with Gasteiger partial charge >= 0.3 is 0 Å². The molecule has 1 heterocycles. The lowest BCUT2D eigenvalue weighted by Gasteiger charge is -2.28. The van der Waals surface area contributed by atoms with E-state index in [1.165, 1.54) is 12.0 Å². The number of hydrogen-bond donors (Lipinski definition) is 1. The van der Waals surface area contributed by atoms with Crippen LogP contribution in [0.3, 0.4) is 0 Å². The summed E-state index contributed by atoms with van der Waals surface area (Å²) in [6.45, 7) is 4.63. The highest BCUT2D eigenvalue weighted by molar-refractivity contribution is 6.47. The van der Waals surface area contributed by atoms with Crippen LogP contribution in [-0.4, -0.2) is 67.0 Å². The van der Waals surface area contributed by atoms with E-state index in [4.69, 9.17) is 21.1 Å². The van der Waals surface area contributed by atoms with Crippen molar-refractivity contribution in [3.8, 4) is 11.5 Å². The molecule has 1 aliphatic rings. The van der Waals surface area contributed by atoms with E-state index in [2.05, 4.69) is 0 Å². The molecular weight excluding hydrogens is 444 g/mol. The minimum Gasteiger partial charge on any atom is -0.507 e. The van der Waals surface area contributed by atoms with Crippen LogP contribution >= 0.6 is 11.6 Å². The molecule has 0 spiro atoms. The van der Waals surface area contributed by atoms with Gasteiger partial charge in [0, 0.05) is 24.2 Å². The lowest BCUT2D eigenvalue weighted by atomic mass is 9.94. The maximum absolute atomic E-state index is 13.2. The van der Waals surface area contributed by atoms with Gasteiger partial charge in [0.2, 0.25) is 0 Å². The van der Waals surface area contributed by atoms with Crippen LogP contribution in [0.4, 0.5) is 0 Å². The molecule has 3 rings (SSSR count). The number of para-hydroxylation sites is 1. The number of ketones is 1. The van der Waals surface area contributed by atoms with E-state index in [0.717, 1.165) is 0 Å². The van der Waals surface area contributed by atoms with Crippen molar-refractivity contribution in [2.45, 2.75) is 26.0 Å². The van der Waals surface area contributed by atoms with E-state index in [0.29, 0.717) is 30.2 Å². The number of Topliss-reactive ketones (excluding diaryl/α,β-unsaturated/α-hetero) is 1. The third kappa shape index (κ3) is 5.15. The van der Waals surface area contributed by atoms with Gasteiger partial charge in [-0.2, -0.15) is 0 Å². The second-order valence-corrected chi connectivity index (χ2v) is 8.75. The zero-order chi connectivity index (χ0) is 24.3. The van der Waals surface area contributed by atoms with Gasteiger partial charge < -0.3 is 24.4 Å². The summed E-state index contributed by atoms with van der Waals surface area (Å²) in [5.74, 6) is -0.801. The lowest BCUT2D eigenvalue weighted by Crippen LogP contribution is -2.35. The molecule has 1 unspecified atom stereocenters. The molecule has 7 nitrogen and oxygen atoms in total. The molecule has 176 valence electrons. The number of likely N-dealkylation sites (N-methyl/N-ethyl adjacent to an activating group) is 1. The molecule has 0 radical (unpaired) electrons. The van der Waals surface area contributed by atoms with E-state index in [-0.39, 0.29) is 28.0 Å². The number of hydrogen-bond acceptors (Lipinski definition) is 6. The maximum atomic E-state index is 13.2. The lowest BCUT2D eigenvalue weighted by molar-refractivity contribution is -0.140. The molecule has 1 aliphatic heterocycles. The Balaban J connectivity index is 2.24. The van der Waals surface area contributed by atoms with Crippen LogP contribution in [0.5, 0.6) is 11.5 Å². The standard InChI is InChI=1S/C25H29ClN2O5/c1-15(2)33-20-9-7-6-8-17(20)22-21(24(30)25(31)28(22)13-12-27(3)4)23(29)18-14-16(32-5)10-11-19(18)26/h6-11,14-15,22,29H,12-13H2,1-5H3/b23-21+. The molecule has 33 heavy (non-hydrogen) atoms. The largest absolute Gasteiger partial charge is 0.507 e. The molecule has 1 fully saturated rings. The zero-order valence-electron chi connectivity index (χ0n) is 19.5. The number of nitrogens with zero attached hydrogens (tertiary/aromatic N) is 2.